The lowest BCUT2D eigenvalue weighted by atomic mass is 10.2. The number of carbonyl (C=O) groups excluding carboxylic acids is 1. The fourth-order valence-electron chi connectivity index (χ4n) is 2.83. The van der Waals surface area contributed by atoms with Crippen LogP contribution in [-0.4, -0.2) is 38.3 Å². The maximum atomic E-state index is 13.1. The second-order valence-electron chi connectivity index (χ2n) is 6.00. The molecule has 0 unspecified atom stereocenters. The molecule has 0 fully saturated rings. The van der Waals surface area contributed by atoms with Gasteiger partial charge >= 0.3 is 0 Å². The van der Waals surface area contributed by atoms with Crippen molar-refractivity contribution in [2.24, 2.45) is 7.05 Å². The number of hydrogen-bond donors (Lipinski definition) is 0. The lowest BCUT2D eigenvalue weighted by Gasteiger charge is -2.31. The molecule has 128 valence electrons. The fourth-order valence-corrected chi connectivity index (χ4v) is 2.83. The Morgan fingerprint density at radius 1 is 1.40 bits per heavy atom. The minimum atomic E-state index is -0.235. The summed E-state index contributed by atoms with van der Waals surface area (Å²) >= 11 is 0. The van der Waals surface area contributed by atoms with E-state index in [1.54, 1.807) is 41.2 Å². The number of pyridine rings is 1. The summed E-state index contributed by atoms with van der Waals surface area (Å²) in [5.41, 5.74) is 1.64. The van der Waals surface area contributed by atoms with E-state index in [0.29, 0.717) is 29.8 Å². The normalized spacial score (nSPS) is 16.4. The van der Waals surface area contributed by atoms with E-state index >= 15 is 0 Å². The molecule has 1 aliphatic rings. The molecular weight excluding hydrogens is 322 g/mol. The Bertz CT molecular complexity index is 945. The number of carbonyl (C=O) groups is 1. The molecule has 4 rings (SSSR count). The van der Waals surface area contributed by atoms with Gasteiger partial charge in [0.2, 0.25) is 11.8 Å². The standard InChI is InChI=1S/C17H17N5O3/c1-10-8-22(13-5-4-6-18-16(13)24-10)17(23)14-11(2)25-15(20-14)12-7-19-21(3)9-12/h4-7,9-10H,8H2,1-3H3/t10-/m0/s1. The third-order valence-electron chi connectivity index (χ3n) is 3.99. The largest absolute Gasteiger partial charge is 0.471 e. The average Bonchev–Trinajstić information content (AvgIpc) is 3.19. The van der Waals surface area contributed by atoms with Crippen LogP contribution >= 0.6 is 0 Å². The van der Waals surface area contributed by atoms with Gasteiger partial charge in [-0.1, -0.05) is 0 Å². The summed E-state index contributed by atoms with van der Waals surface area (Å²) in [6, 6.07) is 3.58. The Hall–Kier alpha value is -3.16. The minimum absolute atomic E-state index is 0.156. The molecule has 8 heteroatoms. The number of fused-ring (bicyclic) bond motifs is 1. The number of aromatic nitrogens is 4. The van der Waals surface area contributed by atoms with Crippen molar-refractivity contribution in [3.63, 3.8) is 0 Å². The molecule has 1 amide bonds. The lowest BCUT2D eigenvalue weighted by Crippen LogP contribution is -2.43. The Kier molecular flexibility index (Phi) is 3.52. The van der Waals surface area contributed by atoms with Crippen molar-refractivity contribution < 1.29 is 13.9 Å². The fraction of sp³-hybridized carbons (Fsp3) is 0.294. The number of rotatable bonds is 2. The first-order chi connectivity index (χ1) is 12.0. The average molecular weight is 339 g/mol. The van der Waals surface area contributed by atoms with E-state index in [9.17, 15) is 4.79 Å². The summed E-state index contributed by atoms with van der Waals surface area (Å²) in [5, 5.41) is 4.10. The molecule has 0 saturated heterocycles. The van der Waals surface area contributed by atoms with Crippen LogP contribution in [0.1, 0.15) is 23.2 Å². The molecule has 8 nitrogen and oxygen atoms in total. The van der Waals surface area contributed by atoms with Gasteiger partial charge < -0.3 is 9.15 Å². The van der Waals surface area contributed by atoms with E-state index in [0.717, 1.165) is 5.56 Å². The van der Waals surface area contributed by atoms with Crippen LogP contribution in [0.4, 0.5) is 5.69 Å². The van der Waals surface area contributed by atoms with Crippen molar-refractivity contribution in [1.29, 1.82) is 0 Å². The number of nitrogens with zero attached hydrogens (tertiary/aromatic N) is 5. The molecule has 25 heavy (non-hydrogen) atoms. The summed E-state index contributed by atoms with van der Waals surface area (Å²) in [4.78, 5) is 23.3. The van der Waals surface area contributed by atoms with E-state index in [4.69, 9.17) is 9.15 Å². The number of hydrogen-bond acceptors (Lipinski definition) is 6. The van der Waals surface area contributed by atoms with Crippen molar-refractivity contribution in [1.82, 2.24) is 19.7 Å². The molecule has 1 aliphatic heterocycles. The molecule has 3 aromatic rings. The highest BCUT2D eigenvalue weighted by atomic mass is 16.5. The van der Waals surface area contributed by atoms with Crippen LogP contribution in [0.25, 0.3) is 11.5 Å². The van der Waals surface area contributed by atoms with E-state index in [1.165, 1.54) is 0 Å². The van der Waals surface area contributed by atoms with E-state index < -0.39 is 0 Å². The van der Waals surface area contributed by atoms with E-state index in [2.05, 4.69) is 15.1 Å². The molecule has 1 atom stereocenters. The summed E-state index contributed by atoms with van der Waals surface area (Å²) < 4.78 is 13.0. The van der Waals surface area contributed by atoms with Crippen molar-refractivity contribution in [2.75, 3.05) is 11.4 Å². The Labute approximate surface area is 144 Å². The van der Waals surface area contributed by atoms with Gasteiger partial charge in [0.05, 0.1) is 18.3 Å². The molecule has 0 spiro atoms. The number of anilines is 1. The van der Waals surface area contributed by atoms with Crippen LogP contribution in [0, 0.1) is 6.92 Å². The predicted molar refractivity (Wildman–Crippen MR) is 89.4 cm³/mol. The van der Waals surface area contributed by atoms with Crippen LogP contribution in [0.15, 0.2) is 35.1 Å². The van der Waals surface area contributed by atoms with Gasteiger partial charge in [-0.2, -0.15) is 5.10 Å². The predicted octanol–water partition coefficient (Wildman–Crippen LogP) is 2.21. The smallest absolute Gasteiger partial charge is 0.280 e. The molecule has 0 aliphatic carbocycles. The van der Waals surface area contributed by atoms with Gasteiger partial charge in [-0.15, -0.1) is 0 Å². The highest BCUT2D eigenvalue weighted by Gasteiger charge is 2.32. The summed E-state index contributed by atoms with van der Waals surface area (Å²) in [6.07, 6.45) is 4.92. The van der Waals surface area contributed by atoms with Crippen molar-refractivity contribution >= 4 is 11.6 Å². The van der Waals surface area contributed by atoms with Gasteiger partial charge in [-0.25, -0.2) is 9.97 Å². The van der Waals surface area contributed by atoms with Crippen LogP contribution in [-0.2, 0) is 7.05 Å². The first-order valence-electron chi connectivity index (χ1n) is 7.93. The SMILES string of the molecule is Cc1oc(-c2cnn(C)c2)nc1C(=O)N1C[C@H](C)Oc2ncccc21. The van der Waals surface area contributed by atoms with Gasteiger partial charge in [0.25, 0.3) is 5.91 Å². The van der Waals surface area contributed by atoms with E-state index in [-0.39, 0.29) is 17.7 Å². The van der Waals surface area contributed by atoms with Crippen LogP contribution < -0.4 is 9.64 Å². The molecule has 0 bridgehead atoms. The van der Waals surface area contributed by atoms with Gasteiger partial charge in [0.1, 0.15) is 17.6 Å². The number of ether oxygens (including phenoxy) is 1. The topological polar surface area (TPSA) is 86.3 Å². The molecule has 0 saturated carbocycles. The van der Waals surface area contributed by atoms with Gasteiger partial charge in [0.15, 0.2) is 5.69 Å². The second-order valence-corrected chi connectivity index (χ2v) is 6.00. The quantitative estimate of drug-likeness (QED) is 0.711. The number of amides is 1. The van der Waals surface area contributed by atoms with Crippen molar-refractivity contribution in [3.05, 3.63) is 42.2 Å². The highest BCUT2D eigenvalue weighted by molar-refractivity contribution is 6.06. The summed E-state index contributed by atoms with van der Waals surface area (Å²) in [6.45, 7) is 4.05. The van der Waals surface area contributed by atoms with Crippen LogP contribution in [0.2, 0.25) is 0 Å². The minimum Gasteiger partial charge on any atom is -0.471 e. The third kappa shape index (κ3) is 2.65. The monoisotopic (exact) mass is 339 g/mol. The first kappa shape index (κ1) is 15.4. The number of oxazole rings is 1. The molecular formula is C17H17N5O3. The van der Waals surface area contributed by atoms with Crippen LogP contribution in [0.3, 0.4) is 0 Å². The zero-order valence-electron chi connectivity index (χ0n) is 14.1. The van der Waals surface area contributed by atoms with Crippen molar-refractivity contribution in [3.8, 4) is 17.3 Å². The summed E-state index contributed by atoms with van der Waals surface area (Å²) in [5.74, 6) is 1.05. The highest BCUT2D eigenvalue weighted by Crippen LogP contribution is 2.32. The molecule has 0 aromatic carbocycles. The van der Waals surface area contributed by atoms with Gasteiger partial charge in [-0.05, 0) is 26.0 Å². The van der Waals surface area contributed by atoms with Gasteiger partial charge in [-0.3, -0.25) is 14.4 Å². The zero-order chi connectivity index (χ0) is 17.6. The first-order valence-corrected chi connectivity index (χ1v) is 7.93. The van der Waals surface area contributed by atoms with Crippen molar-refractivity contribution in [2.45, 2.75) is 20.0 Å². The Morgan fingerprint density at radius 2 is 2.24 bits per heavy atom. The number of aryl methyl sites for hydroxylation is 2. The maximum Gasteiger partial charge on any atom is 0.280 e. The van der Waals surface area contributed by atoms with Crippen LogP contribution in [0.5, 0.6) is 5.88 Å². The second kappa shape index (κ2) is 5.73. The van der Waals surface area contributed by atoms with E-state index in [1.807, 2.05) is 20.0 Å². The Morgan fingerprint density at radius 3 is 3.00 bits per heavy atom. The lowest BCUT2D eigenvalue weighted by molar-refractivity contribution is 0.0953. The molecule has 0 radical (unpaired) electrons. The zero-order valence-corrected chi connectivity index (χ0v) is 14.1. The molecule has 0 N–H and O–H groups in total. The third-order valence-corrected chi connectivity index (χ3v) is 3.99. The maximum absolute atomic E-state index is 13.1. The van der Waals surface area contributed by atoms with Gasteiger partial charge in [0, 0.05) is 19.4 Å². The summed E-state index contributed by atoms with van der Waals surface area (Å²) in [7, 11) is 1.81. The molecule has 4 heterocycles. The Balaban J connectivity index is 1.71. The molecule has 3 aromatic heterocycles.